The molecular formula is C19H19N3S. The van der Waals surface area contributed by atoms with Crippen LogP contribution in [0.5, 0.6) is 0 Å². The maximum Gasteiger partial charge on any atom is 0.124 e. The zero-order valence-electron chi connectivity index (χ0n) is 12.8. The first-order valence-electron chi connectivity index (χ1n) is 7.87. The van der Waals surface area contributed by atoms with Gasteiger partial charge in [-0.3, -0.25) is 0 Å². The largest absolute Gasteiger partial charge is 0.368 e. The van der Waals surface area contributed by atoms with E-state index in [1.807, 2.05) is 6.20 Å². The van der Waals surface area contributed by atoms with Crippen molar-refractivity contribution >= 4 is 17.5 Å². The number of hydrogen-bond acceptors (Lipinski definition) is 4. The summed E-state index contributed by atoms with van der Waals surface area (Å²) in [6, 6.07) is 10.6. The molecule has 1 atom stereocenters. The quantitative estimate of drug-likeness (QED) is 0.737. The Morgan fingerprint density at radius 2 is 1.91 bits per heavy atom. The highest BCUT2D eigenvalue weighted by atomic mass is 32.2. The summed E-state index contributed by atoms with van der Waals surface area (Å²) in [5.41, 5.74) is 4.02. The molecule has 4 rings (SSSR count). The third kappa shape index (κ3) is 3.22. The lowest BCUT2D eigenvalue weighted by atomic mass is 9.97. The van der Waals surface area contributed by atoms with Crippen LogP contribution in [0.1, 0.15) is 18.4 Å². The molecule has 1 aromatic rings. The van der Waals surface area contributed by atoms with Crippen molar-refractivity contribution in [1.82, 2.24) is 15.4 Å². The molecule has 0 bridgehead atoms. The van der Waals surface area contributed by atoms with Crippen LogP contribution in [0.15, 0.2) is 83.2 Å². The van der Waals surface area contributed by atoms with Gasteiger partial charge in [-0.1, -0.05) is 48.6 Å². The van der Waals surface area contributed by atoms with Gasteiger partial charge in [-0.2, -0.15) is 0 Å². The van der Waals surface area contributed by atoms with Crippen molar-refractivity contribution in [1.29, 1.82) is 0 Å². The van der Waals surface area contributed by atoms with Crippen molar-refractivity contribution in [3.05, 3.63) is 88.8 Å². The van der Waals surface area contributed by atoms with E-state index < -0.39 is 0 Å². The smallest absolute Gasteiger partial charge is 0.124 e. The Morgan fingerprint density at radius 3 is 2.74 bits per heavy atom. The van der Waals surface area contributed by atoms with Gasteiger partial charge in [-0.15, -0.1) is 0 Å². The zero-order valence-corrected chi connectivity index (χ0v) is 13.6. The van der Waals surface area contributed by atoms with E-state index in [1.165, 1.54) is 21.6 Å². The van der Waals surface area contributed by atoms with Gasteiger partial charge in [0.05, 0.1) is 0 Å². The van der Waals surface area contributed by atoms with E-state index in [-0.39, 0.29) is 6.17 Å². The van der Waals surface area contributed by atoms with Gasteiger partial charge in [0.25, 0.3) is 0 Å². The Morgan fingerprint density at radius 1 is 1.00 bits per heavy atom. The molecule has 0 amide bonds. The summed E-state index contributed by atoms with van der Waals surface area (Å²) < 4.78 is 3.42. The molecule has 3 nitrogen and oxygen atoms in total. The second-order valence-corrected chi connectivity index (χ2v) is 6.65. The Balaban J connectivity index is 1.37. The lowest BCUT2D eigenvalue weighted by Gasteiger charge is -2.23. The maximum atomic E-state index is 3.43. The van der Waals surface area contributed by atoms with Crippen LogP contribution < -0.4 is 15.4 Å². The van der Waals surface area contributed by atoms with Crippen LogP contribution in [0.4, 0.5) is 0 Å². The highest BCUT2D eigenvalue weighted by molar-refractivity contribution is 8.01. The number of benzene rings is 1. The molecule has 0 saturated heterocycles. The van der Waals surface area contributed by atoms with Crippen molar-refractivity contribution in [3.8, 4) is 0 Å². The molecule has 3 aliphatic rings. The molecule has 0 radical (unpaired) electrons. The molecule has 0 saturated carbocycles. The predicted molar refractivity (Wildman–Crippen MR) is 97.8 cm³/mol. The monoisotopic (exact) mass is 321 g/mol. The molecular weight excluding hydrogens is 302 g/mol. The van der Waals surface area contributed by atoms with Crippen LogP contribution in [0, 0.1) is 0 Å². The van der Waals surface area contributed by atoms with Crippen molar-refractivity contribution in [2.75, 3.05) is 0 Å². The fraction of sp³-hybridized carbons (Fsp3) is 0.158. The molecule has 0 fully saturated rings. The van der Waals surface area contributed by atoms with E-state index in [1.54, 1.807) is 11.9 Å². The Kier molecular flexibility index (Phi) is 3.99. The van der Waals surface area contributed by atoms with E-state index in [0.717, 1.165) is 18.7 Å². The second-order valence-electron chi connectivity index (χ2n) is 5.72. The van der Waals surface area contributed by atoms with Crippen molar-refractivity contribution in [2.45, 2.75) is 19.0 Å². The lowest BCUT2D eigenvalue weighted by molar-refractivity contribution is 0.596. The van der Waals surface area contributed by atoms with Gasteiger partial charge in [0, 0.05) is 4.91 Å². The molecule has 2 heterocycles. The number of fused-ring (bicyclic) bond motifs is 1. The number of allylic oxidation sites excluding steroid dienone is 6. The highest BCUT2D eigenvalue weighted by Gasteiger charge is 2.19. The van der Waals surface area contributed by atoms with Gasteiger partial charge in [0.15, 0.2) is 0 Å². The summed E-state index contributed by atoms with van der Waals surface area (Å²) in [6.07, 6.45) is 15.1. The molecule has 1 aliphatic carbocycles. The molecule has 3 N–H and O–H groups in total. The van der Waals surface area contributed by atoms with Crippen LogP contribution in [-0.2, 0) is 0 Å². The number of nitrogens with one attached hydrogen (secondary N) is 3. The van der Waals surface area contributed by atoms with Gasteiger partial charge in [-0.25, -0.2) is 0 Å². The average molecular weight is 321 g/mol. The van der Waals surface area contributed by atoms with Gasteiger partial charge in [0.2, 0.25) is 0 Å². The van der Waals surface area contributed by atoms with E-state index in [4.69, 9.17) is 0 Å². The van der Waals surface area contributed by atoms with Gasteiger partial charge >= 0.3 is 0 Å². The molecule has 1 unspecified atom stereocenters. The van der Waals surface area contributed by atoms with E-state index in [0.29, 0.717) is 0 Å². The fourth-order valence-corrected chi connectivity index (χ4v) is 3.58. The Hall–Kier alpha value is -2.33. The Labute approximate surface area is 141 Å². The SMILES string of the molecule is C1=CC2=CC=C(NSC3=CC=C(c4ccccc4)CC3)NC2N1. The molecule has 0 aromatic heterocycles. The van der Waals surface area contributed by atoms with Gasteiger partial charge in [0.1, 0.15) is 12.0 Å². The summed E-state index contributed by atoms with van der Waals surface area (Å²) in [5, 5.41) is 6.71. The van der Waals surface area contributed by atoms with Crippen molar-refractivity contribution in [3.63, 3.8) is 0 Å². The van der Waals surface area contributed by atoms with Crippen LogP contribution in [0.25, 0.3) is 5.57 Å². The summed E-state index contributed by atoms with van der Waals surface area (Å²) in [4.78, 5) is 1.36. The van der Waals surface area contributed by atoms with Crippen LogP contribution in [0.2, 0.25) is 0 Å². The summed E-state index contributed by atoms with van der Waals surface area (Å²) >= 11 is 1.69. The third-order valence-corrected chi connectivity index (χ3v) is 5.09. The lowest BCUT2D eigenvalue weighted by Crippen LogP contribution is -2.41. The maximum absolute atomic E-state index is 3.43. The molecule has 116 valence electrons. The van der Waals surface area contributed by atoms with E-state index >= 15 is 0 Å². The highest BCUT2D eigenvalue weighted by Crippen LogP contribution is 2.31. The fourth-order valence-electron chi connectivity index (χ4n) is 2.87. The van der Waals surface area contributed by atoms with Crippen LogP contribution in [-0.4, -0.2) is 6.17 Å². The van der Waals surface area contributed by atoms with E-state index in [9.17, 15) is 0 Å². The molecule has 4 heteroatoms. The molecule has 0 spiro atoms. The topological polar surface area (TPSA) is 36.1 Å². The summed E-state index contributed by atoms with van der Waals surface area (Å²) in [6.45, 7) is 0. The summed E-state index contributed by atoms with van der Waals surface area (Å²) in [5.74, 6) is 1.04. The van der Waals surface area contributed by atoms with Crippen LogP contribution >= 0.6 is 11.9 Å². The number of rotatable bonds is 4. The first kappa shape index (κ1) is 14.3. The molecule has 2 aliphatic heterocycles. The normalized spacial score (nSPS) is 22.0. The average Bonchev–Trinajstić information content (AvgIpc) is 3.09. The summed E-state index contributed by atoms with van der Waals surface area (Å²) in [7, 11) is 0. The standard InChI is InChI=1S/C19H19N3S/c1-2-4-14(5-3-1)15-6-9-17(10-7-15)23-22-18-11-8-16-12-13-20-19(16)21-18/h1-6,8-9,11-13,19-22H,7,10H2. The van der Waals surface area contributed by atoms with Crippen molar-refractivity contribution in [2.24, 2.45) is 0 Å². The van der Waals surface area contributed by atoms with Gasteiger partial charge < -0.3 is 15.4 Å². The molecule has 23 heavy (non-hydrogen) atoms. The Bertz CT molecular complexity index is 741. The first-order chi connectivity index (χ1) is 11.4. The first-order valence-corrected chi connectivity index (χ1v) is 8.69. The minimum Gasteiger partial charge on any atom is -0.368 e. The predicted octanol–water partition coefficient (Wildman–Crippen LogP) is 3.80. The van der Waals surface area contributed by atoms with Crippen molar-refractivity contribution < 1.29 is 0 Å². The minimum absolute atomic E-state index is 0.202. The minimum atomic E-state index is 0.202. The molecule has 1 aromatic carbocycles. The zero-order chi connectivity index (χ0) is 15.5. The van der Waals surface area contributed by atoms with Crippen LogP contribution in [0.3, 0.4) is 0 Å². The van der Waals surface area contributed by atoms with Gasteiger partial charge in [-0.05, 0) is 59.9 Å². The third-order valence-electron chi connectivity index (χ3n) is 4.16. The number of hydrogen-bond donors (Lipinski definition) is 3. The number of dihydropyridines is 1. The van der Waals surface area contributed by atoms with E-state index in [2.05, 4.69) is 76.1 Å². The second kappa shape index (κ2) is 6.42.